The summed E-state index contributed by atoms with van der Waals surface area (Å²) in [5.74, 6) is 0.139. The van der Waals surface area contributed by atoms with Crippen molar-refractivity contribution < 1.29 is 28.5 Å². The highest BCUT2D eigenvalue weighted by Crippen LogP contribution is 2.40. The highest BCUT2D eigenvalue weighted by Gasteiger charge is 2.18. The van der Waals surface area contributed by atoms with Crippen LogP contribution in [0.5, 0.6) is 17.2 Å². The average Bonchev–Trinajstić information content (AvgIpc) is 2.69. The Labute approximate surface area is 160 Å². The standard InChI is InChI=1S/C21H26O6/c1-7-14(3)20(22)26-13-9-10-16-11-12-17(19(25-6)18(16)24-5)27-21(23)15(4)8-2/h7-12H,13H2,1-6H3. The maximum atomic E-state index is 12.0. The van der Waals surface area contributed by atoms with Crippen molar-refractivity contribution in [3.63, 3.8) is 0 Å². The summed E-state index contributed by atoms with van der Waals surface area (Å²) in [6.45, 7) is 7.00. The van der Waals surface area contributed by atoms with Crippen molar-refractivity contribution >= 4 is 18.0 Å². The molecule has 0 bridgehead atoms. The van der Waals surface area contributed by atoms with Gasteiger partial charge in [0.1, 0.15) is 6.61 Å². The zero-order valence-electron chi connectivity index (χ0n) is 16.6. The third kappa shape index (κ3) is 6.02. The van der Waals surface area contributed by atoms with Gasteiger partial charge in [0.15, 0.2) is 11.5 Å². The van der Waals surface area contributed by atoms with Crippen LogP contribution in [0, 0.1) is 0 Å². The molecule has 1 aromatic carbocycles. The molecule has 1 aromatic rings. The zero-order chi connectivity index (χ0) is 20.4. The van der Waals surface area contributed by atoms with E-state index in [1.54, 1.807) is 64.1 Å². The van der Waals surface area contributed by atoms with Crippen LogP contribution in [-0.2, 0) is 14.3 Å². The highest BCUT2D eigenvalue weighted by atomic mass is 16.6. The van der Waals surface area contributed by atoms with Crippen molar-refractivity contribution in [3.8, 4) is 17.2 Å². The van der Waals surface area contributed by atoms with Crippen LogP contribution in [0.15, 0.2) is 41.5 Å². The van der Waals surface area contributed by atoms with Crippen molar-refractivity contribution in [1.82, 2.24) is 0 Å². The normalized spacial score (nSPS) is 12.1. The lowest BCUT2D eigenvalue weighted by Crippen LogP contribution is -2.10. The summed E-state index contributed by atoms with van der Waals surface area (Å²) >= 11 is 0. The second-order valence-corrected chi connectivity index (χ2v) is 5.55. The van der Waals surface area contributed by atoms with Crippen molar-refractivity contribution in [1.29, 1.82) is 0 Å². The van der Waals surface area contributed by atoms with Crippen molar-refractivity contribution in [2.45, 2.75) is 27.7 Å². The lowest BCUT2D eigenvalue weighted by Gasteiger charge is -2.15. The van der Waals surface area contributed by atoms with E-state index in [-0.39, 0.29) is 18.3 Å². The molecule has 6 nitrogen and oxygen atoms in total. The molecule has 0 aliphatic rings. The van der Waals surface area contributed by atoms with Crippen LogP contribution < -0.4 is 14.2 Å². The number of ether oxygens (including phenoxy) is 4. The Kier molecular flexibility index (Phi) is 8.85. The van der Waals surface area contributed by atoms with Gasteiger partial charge in [-0.3, -0.25) is 0 Å². The van der Waals surface area contributed by atoms with Crippen LogP contribution in [0.3, 0.4) is 0 Å². The van der Waals surface area contributed by atoms with E-state index in [1.165, 1.54) is 14.2 Å². The number of carbonyl (C=O) groups is 2. The summed E-state index contributed by atoms with van der Waals surface area (Å²) in [4.78, 5) is 23.6. The molecule has 0 aromatic heterocycles. The fraction of sp³-hybridized carbons (Fsp3) is 0.333. The van der Waals surface area contributed by atoms with Crippen LogP contribution in [-0.4, -0.2) is 32.8 Å². The molecule has 0 spiro atoms. The van der Waals surface area contributed by atoms with Crippen LogP contribution in [0.25, 0.3) is 6.08 Å². The van der Waals surface area contributed by atoms with Crippen molar-refractivity contribution in [2.24, 2.45) is 0 Å². The molecule has 0 fully saturated rings. The molecule has 0 amide bonds. The first kappa shape index (κ1) is 22.0. The highest BCUT2D eigenvalue weighted by molar-refractivity contribution is 5.90. The lowest BCUT2D eigenvalue weighted by atomic mass is 10.1. The smallest absolute Gasteiger partial charge is 0.338 e. The van der Waals surface area contributed by atoms with Gasteiger partial charge in [-0.1, -0.05) is 18.2 Å². The van der Waals surface area contributed by atoms with Gasteiger partial charge in [-0.05, 0) is 45.9 Å². The molecule has 0 aliphatic carbocycles. The van der Waals surface area contributed by atoms with Gasteiger partial charge in [0.2, 0.25) is 5.75 Å². The number of hydrogen-bond acceptors (Lipinski definition) is 6. The molecule has 146 valence electrons. The Bertz CT molecular complexity index is 771. The minimum Gasteiger partial charge on any atom is -0.492 e. The molecule has 1 rings (SSSR count). The van der Waals surface area contributed by atoms with Gasteiger partial charge in [0, 0.05) is 16.7 Å². The molecule has 0 aliphatic heterocycles. The maximum absolute atomic E-state index is 12.0. The average molecular weight is 374 g/mol. The van der Waals surface area contributed by atoms with Crippen molar-refractivity contribution in [2.75, 3.05) is 20.8 Å². The number of esters is 2. The Balaban J connectivity index is 3.01. The molecule has 27 heavy (non-hydrogen) atoms. The van der Waals surface area contributed by atoms with Crippen molar-refractivity contribution in [3.05, 3.63) is 47.1 Å². The summed E-state index contributed by atoms with van der Waals surface area (Å²) in [6.07, 6.45) is 6.78. The Morgan fingerprint density at radius 3 is 2.07 bits per heavy atom. The SMILES string of the molecule is CC=C(C)C(=O)OCC=Cc1ccc(OC(=O)C(C)=CC)c(OC)c1OC. The van der Waals surface area contributed by atoms with Gasteiger partial charge in [0.25, 0.3) is 0 Å². The fourth-order valence-corrected chi connectivity index (χ4v) is 2.00. The Hall–Kier alpha value is -3.02. The minimum absolute atomic E-state index is 0.118. The number of rotatable bonds is 8. The summed E-state index contributed by atoms with van der Waals surface area (Å²) < 4.78 is 21.3. The van der Waals surface area contributed by atoms with Gasteiger partial charge < -0.3 is 18.9 Å². The molecule has 0 N–H and O–H groups in total. The number of benzene rings is 1. The van der Waals surface area contributed by atoms with Gasteiger partial charge in [-0.25, -0.2) is 9.59 Å². The molecule has 0 unspecified atom stereocenters. The number of carbonyl (C=O) groups excluding carboxylic acids is 2. The van der Waals surface area contributed by atoms with E-state index in [9.17, 15) is 9.59 Å². The van der Waals surface area contributed by atoms with Gasteiger partial charge in [-0.15, -0.1) is 0 Å². The molecular weight excluding hydrogens is 348 g/mol. The minimum atomic E-state index is -0.465. The van der Waals surface area contributed by atoms with E-state index in [4.69, 9.17) is 18.9 Å². The van der Waals surface area contributed by atoms with Crippen LogP contribution in [0.4, 0.5) is 0 Å². The van der Waals surface area contributed by atoms with Gasteiger partial charge >= 0.3 is 11.9 Å². The summed E-state index contributed by atoms with van der Waals surface area (Å²) in [6, 6.07) is 3.35. The maximum Gasteiger partial charge on any atom is 0.338 e. The third-order valence-corrected chi connectivity index (χ3v) is 3.84. The predicted octanol–water partition coefficient (Wildman–Crippen LogP) is 4.10. The molecule has 0 atom stereocenters. The molecule has 0 saturated heterocycles. The molecular formula is C21H26O6. The summed E-state index contributed by atoms with van der Waals surface area (Å²) in [7, 11) is 2.96. The first-order valence-electron chi connectivity index (χ1n) is 8.46. The van der Waals surface area contributed by atoms with Crippen LogP contribution in [0.1, 0.15) is 33.3 Å². The first-order chi connectivity index (χ1) is 12.9. The van der Waals surface area contributed by atoms with E-state index in [0.717, 1.165) is 0 Å². The molecule has 0 saturated carbocycles. The largest absolute Gasteiger partial charge is 0.492 e. The molecule has 6 heteroatoms. The second kappa shape index (κ2) is 10.9. The number of allylic oxidation sites excluding steroid dienone is 2. The van der Waals surface area contributed by atoms with E-state index in [0.29, 0.717) is 28.2 Å². The first-order valence-corrected chi connectivity index (χ1v) is 8.46. The van der Waals surface area contributed by atoms with Crippen LogP contribution in [0.2, 0.25) is 0 Å². The van der Waals surface area contributed by atoms with E-state index < -0.39 is 5.97 Å². The van der Waals surface area contributed by atoms with Gasteiger partial charge in [0.05, 0.1) is 14.2 Å². The van der Waals surface area contributed by atoms with E-state index >= 15 is 0 Å². The van der Waals surface area contributed by atoms with Gasteiger partial charge in [-0.2, -0.15) is 0 Å². The number of hydrogen-bond donors (Lipinski definition) is 0. The van der Waals surface area contributed by atoms with E-state index in [2.05, 4.69) is 0 Å². The quantitative estimate of drug-likeness (QED) is 0.388. The lowest BCUT2D eigenvalue weighted by molar-refractivity contribution is -0.137. The Morgan fingerprint density at radius 2 is 1.52 bits per heavy atom. The topological polar surface area (TPSA) is 71.1 Å². The predicted molar refractivity (Wildman–Crippen MR) is 104 cm³/mol. The monoisotopic (exact) mass is 374 g/mol. The summed E-state index contributed by atoms with van der Waals surface area (Å²) in [5.41, 5.74) is 1.72. The number of methoxy groups -OCH3 is 2. The van der Waals surface area contributed by atoms with Crippen LogP contribution >= 0.6 is 0 Å². The zero-order valence-corrected chi connectivity index (χ0v) is 16.6. The second-order valence-electron chi connectivity index (χ2n) is 5.55. The van der Waals surface area contributed by atoms with E-state index in [1.807, 2.05) is 0 Å². The fourth-order valence-electron chi connectivity index (χ4n) is 2.00. The molecule has 0 radical (unpaired) electrons. The molecule has 0 heterocycles. The summed E-state index contributed by atoms with van der Waals surface area (Å²) in [5, 5.41) is 0. The Morgan fingerprint density at radius 1 is 0.926 bits per heavy atom. The third-order valence-electron chi connectivity index (χ3n) is 3.84.